The van der Waals surface area contributed by atoms with E-state index in [0.717, 1.165) is 11.6 Å². The van der Waals surface area contributed by atoms with Gasteiger partial charge in [-0.1, -0.05) is 43.1 Å². The highest BCUT2D eigenvalue weighted by molar-refractivity contribution is 9.09. The number of nitrogens with two attached hydrogens (primary N) is 1. The van der Waals surface area contributed by atoms with E-state index in [9.17, 15) is 0 Å². The Balaban J connectivity index is 2.28. The van der Waals surface area contributed by atoms with Gasteiger partial charge >= 0.3 is 0 Å². The van der Waals surface area contributed by atoms with Gasteiger partial charge in [0.2, 0.25) is 0 Å². The van der Waals surface area contributed by atoms with Crippen molar-refractivity contribution < 1.29 is 0 Å². The Morgan fingerprint density at radius 1 is 1.39 bits per heavy atom. The maximum Gasteiger partial charge on any atom is 0.0383 e. The predicted molar refractivity (Wildman–Crippen MR) is 80.9 cm³/mol. The second-order valence-electron chi connectivity index (χ2n) is 6.23. The zero-order valence-electron chi connectivity index (χ0n) is 11.5. The van der Waals surface area contributed by atoms with Crippen LogP contribution in [-0.4, -0.2) is 9.81 Å². The number of hydrogen-bond donors (Lipinski definition) is 1. The van der Waals surface area contributed by atoms with Crippen LogP contribution in [0.3, 0.4) is 0 Å². The van der Waals surface area contributed by atoms with Gasteiger partial charge < -0.3 is 5.73 Å². The third-order valence-electron chi connectivity index (χ3n) is 4.51. The molecule has 3 atom stereocenters. The number of nitrogens with zero attached hydrogens (tertiary/aromatic N) is 1. The summed E-state index contributed by atoms with van der Waals surface area (Å²) in [6.45, 7) is 6.94. The zero-order valence-corrected chi connectivity index (χ0v) is 13.1. The Labute approximate surface area is 119 Å². The van der Waals surface area contributed by atoms with Crippen molar-refractivity contribution in [2.75, 3.05) is 5.73 Å². The summed E-state index contributed by atoms with van der Waals surface area (Å²) in [4.78, 5) is 4.83. The molecule has 18 heavy (non-hydrogen) atoms. The average molecular weight is 311 g/mol. The molecular weight excluding hydrogens is 288 g/mol. The molecule has 100 valence electrons. The van der Waals surface area contributed by atoms with Gasteiger partial charge in [0.25, 0.3) is 0 Å². The molecule has 0 aromatic carbocycles. The predicted octanol–water partition coefficient (Wildman–Crippen LogP) is 4.14. The van der Waals surface area contributed by atoms with Crippen LogP contribution < -0.4 is 5.73 Å². The van der Waals surface area contributed by atoms with E-state index < -0.39 is 0 Å². The normalized spacial score (nSPS) is 29.2. The molecule has 2 nitrogen and oxygen atoms in total. The van der Waals surface area contributed by atoms with Crippen molar-refractivity contribution >= 4 is 21.6 Å². The summed E-state index contributed by atoms with van der Waals surface area (Å²) >= 11 is 3.89. The van der Waals surface area contributed by atoms with Crippen molar-refractivity contribution in [1.82, 2.24) is 4.98 Å². The third kappa shape index (κ3) is 2.56. The molecule has 1 saturated carbocycles. The van der Waals surface area contributed by atoms with Crippen LogP contribution in [0.5, 0.6) is 0 Å². The van der Waals surface area contributed by atoms with Crippen molar-refractivity contribution in [2.45, 2.75) is 50.3 Å². The zero-order chi connectivity index (χ0) is 13.3. The van der Waals surface area contributed by atoms with Crippen molar-refractivity contribution in [2.24, 2.45) is 11.8 Å². The lowest BCUT2D eigenvalue weighted by molar-refractivity contribution is 0.214. The van der Waals surface area contributed by atoms with Gasteiger partial charge in [-0.15, -0.1) is 0 Å². The van der Waals surface area contributed by atoms with Crippen LogP contribution >= 0.6 is 15.9 Å². The summed E-state index contributed by atoms with van der Waals surface area (Å²) in [5.74, 6) is 1.45. The average Bonchev–Trinajstić information content (AvgIpc) is 2.28. The van der Waals surface area contributed by atoms with Gasteiger partial charge in [-0.25, -0.2) is 0 Å². The van der Waals surface area contributed by atoms with Crippen LogP contribution in [0, 0.1) is 11.8 Å². The van der Waals surface area contributed by atoms with E-state index in [4.69, 9.17) is 5.73 Å². The van der Waals surface area contributed by atoms with Gasteiger partial charge in [0.15, 0.2) is 0 Å². The highest BCUT2D eigenvalue weighted by Gasteiger charge is 2.39. The number of aromatic nitrogens is 1. The molecule has 0 radical (unpaired) electrons. The van der Waals surface area contributed by atoms with Gasteiger partial charge in [0.1, 0.15) is 0 Å². The van der Waals surface area contributed by atoms with E-state index in [2.05, 4.69) is 41.7 Å². The summed E-state index contributed by atoms with van der Waals surface area (Å²) in [7, 11) is 0. The van der Waals surface area contributed by atoms with Crippen molar-refractivity contribution in [3.8, 4) is 0 Å². The summed E-state index contributed by atoms with van der Waals surface area (Å²) < 4.78 is 0. The standard InChI is InChI=1S/C15H23BrN2/c1-10-4-5-11(13(16)8-10)15(2,3)12-9-18-7-6-14(12)17/h6-7,9-11,13H,4-5,8H2,1-3H3,(H2,17,18). The Bertz CT molecular complexity index is 417. The molecular formula is C15H23BrN2. The lowest BCUT2D eigenvalue weighted by Crippen LogP contribution is -2.39. The molecule has 1 aromatic heterocycles. The molecule has 0 bridgehead atoms. The maximum atomic E-state index is 6.13. The van der Waals surface area contributed by atoms with Crippen molar-refractivity contribution in [1.29, 1.82) is 0 Å². The largest absolute Gasteiger partial charge is 0.398 e. The second-order valence-corrected chi connectivity index (χ2v) is 7.40. The SMILES string of the molecule is CC1CCC(C(C)(C)c2cnccc2N)C(Br)C1. The summed E-state index contributed by atoms with van der Waals surface area (Å²) in [6.07, 6.45) is 7.54. The second kappa shape index (κ2) is 5.20. The number of rotatable bonds is 2. The molecule has 3 unspecified atom stereocenters. The smallest absolute Gasteiger partial charge is 0.0383 e. The van der Waals surface area contributed by atoms with Gasteiger partial charge in [-0.2, -0.15) is 0 Å². The fourth-order valence-electron chi connectivity index (χ4n) is 3.27. The van der Waals surface area contributed by atoms with E-state index in [-0.39, 0.29) is 5.41 Å². The topological polar surface area (TPSA) is 38.9 Å². The van der Waals surface area contributed by atoms with Gasteiger partial charge in [0, 0.05) is 22.9 Å². The molecule has 0 amide bonds. The lowest BCUT2D eigenvalue weighted by atomic mass is 9.66. The highest BCUT2D eigenvalue weighted by Crippen LogP contribution is 2.46. The molecule has 1 fully saturated rings. The number of alkyl halides is 1. The molecule has 2 N–H and O–H groups in total. The summed E-state index contributed by atoms with van der Waals surface area (Å²) in [5, 5.41) is 0. The quantitative estimate of drug-likeness (QED) is 0.834. The van der Waals surface area contributed by atoms with Gasteiger partial charge in [0.05, 0.1) is 0 Å². The molecule has 0 aliphatic heterocycles. The van der Waals surface area contributed by atoms with Gasteiger partial charge in [-0.3, -0.25) is 4.98 Å². The van der Waals surface area contributed by atoms with E-state index >= 15 is 0 Å². The maximum absolute atomic E-state index is 6.13. The number of nitrogen functional groups attached to an aromatic ring is 1. The Kier molecular flexibility index (Phi) is 4.00. The van der Waals surface area contributed by atoms with Crippen LogP contribution in [0.25, 0.3) is 0 Å². The first-order valence-corrected chi connectivity index (χ1v) is 7.68. The van der Waals surface area contributed by atoms with Crippen LogP contribution in [0.2, 0.25) is 0 Å². The van der Waals surface area contributed by atoms with Crippen LogP contribution in [-0.2, 0) is 5.41 Å². The van der Waals surface area contributed by atoms with Crippen molar-refractivity contribution in [3.05, 3.63) is 24.0 Å². The minimum absolute atomic E-state index is 0.0760. The third-order valence-corrected chi connectivity index (χ3v) is 5.52. The molecule has 2 rings (SSSR count). The fourth-order valence-corrected chi connectivity index (χ4v) is 4.83. The molecule has 0 saturated heterocycles. The van der Waals surface area contributed by atoms with Crippen molar-refractivity contribution in [3.63, 3.8) is 0 Å². The summed E-state index contributed by atoms with van der Waals surface area (Å²) in [6, 6.07) is 1.91. The Hall–Kier alpha value is -0.570. The fraction of sp³-hybridized carbons (Fsp3) is 0.667. The minimum Gasteiger partial charge on any atom is -0.398 e. The number of hydrogen-bond acceptors (Lipinski definition) is 2. The number of anilines is 1. The molecule has 1 aliphatic rings. The first kappa shape index (κ1) is 13.9. The molecule has 1 aromatic rings. The molecule has 3 heteroatoms. The Morgan fingerprint density at radius 3 is 2.72 bits per heavy atom. The minimum atomic E-state index is 0.0760. The van der Waals surface area contributed by atoms with E-state index in [1.807, 2.05) is 12.3 Å². The van der Waals surface area contributed by atoms with Crippen LogP contribution in [0.1, 0.15) is 45.6 Å². The first-order valence-electron chi connectivity index (χ1n) is 6.77. The highest BCUT2D eigenvalue weighted by atomic mass is 79.9. The monoisotopic (exact) mass is 310 g/mol. The van der Waals surface area contributed by atoms with E-state index in [0.29, 0.717) is 10.7 Å². The number of halogens is 1. The summed E-state index contributed by atoms with van der Waals surface area (Å²) in [5.41, 5.74) is 8.26. The molecule has 0 spiro atoms. The molecule has 1 heterocycles. The Morgan fingerprint density at radius 2 is 2.11 bits per heavy atom. The van der Waals surface area contributed by atoms with E-state index in [1.165, 1.54) is 24.8 Å². The number of pyridine rings is 1. The van der Waals surface area contributed by atoms with Crippen LogP contribution in [0.15, 0.2) is 18.5 Å². The van der Waals surface area contributed by atoms with Gasteiger partial charge in [-0.05, 0) is 41.7 Å². The lowest BCUT2D eigenvalue weighted by Gasteiger charge is -2.42. The van der Waals surface area contributed by atoms with E-state index in [1.54, 1.807) is 6.20 Å². The first-order chi connectivity index (χ1) is 8.43. The molecule has 1 aliphatic carbocycles. The van der Waals surface area contributed by atoms with Crippen LogP contribution in [0.4, 0.5) is 5.69 Å².